The predicted molar refractivity (Wildman–Crippen MR) is 143 cm³/mol. The van der Waals surface area contributed by atoms with Gasteiger partial charge in [-0.2, -0.15) is 4.98 Å². The number of imidazole rings is 2. The number of hydrogen-bond donors (Lipinski definition) is 1. The molecule has 4 aromatic carbocycles. The van der Waals surface area contributed by atoms with Crippen LogP contribution in [0, 0.1) is 0 Å². The minimum atomic E-state index is -1.11. The Kier molecular flexibility index (Phi) is 4.79. The summed E-state index contributed by atoms with van der Waals surface area (Å²) in [5.41, 5.74) is 7.77. The molecule has 0 amide bonds. The minimum absolute atomic E-state index is 0.103. The van der Waals surface area contributed by atoms with E-state index in [4.69, 9.17) is 32.9 Å². The highest BCUT2D eigenvalue weighted by Crippen LogP contribution is 2.45. The van der Waals surface area contributed by atoms with Gasteiger partial charge in [0.2, 0.25) is 5.95 Å². The number of halogens is 2. The lowest BCUT2D eigenvalue weighted by atomic mass is 9.95. The first-order chi connectivity index (χ1) is 18.0. The Labute approximate surface area is 220 Å². The zero-order chi connectivity index (χ0) is 25.3. The molecule has 1 aliphatic heterocycles. The molecule has 3 heterocycles. The summed E-state index contributed by atoms with van der Waals surface area (Å²) in [6, 6.07) is 25.5. The van der Waals surface area contributed by atoms with Crippen molar-refractivity contribution >= 4 is 51.2 Å². The number of hydrogen-bond acceptors (Lipinski definition) is 4. The molecule has 2 aromatic heterocycles. The molecular weight excluding hydrogens is 511 g/mol. The number of carboxylic acid groups (broad SMARTS) is 1. The fourth-order valence-corrected chi connectivity index (χ4v) is 5.30. The zero-order valence-corrected chi connectivity index (χ0v) is 20.5. The Balaban J connectivity index is 1.55. The second-order valence-electron chi connectivity index (χ2n) is 8.71. The average Bonchev–Trinajstić information content (AvgIpc) is 3.39. The fourth-order valence-electron chi connectivity index (χ4n) is 4.92. The van der Waals surface area contributed by atoms with Crippen LogP contribution in [0.4, 0.5) is 0 Å². The fraction of sp³-hybridized carbons (Fsp3) is 0.0357. The van der Waals surface area contributed by atoms with Crippen LogP contribution in [0.2, 0.25) is 10.0 Å². The molecule has 0 spiro atoms. The Hall–Kier alpha value is -4.33. The van der Waals surface area contributed by atoms with E-state index in [1.54, 1.807) is 22.8 Å². The molecule has 7 rings (SSSR count). The first-order valence-electron chi connectivity index (χ1n) is 11.4. The third kappa shape index (κ3) is 3.39. The molecule has 1 N–H and O–H groups in total. The van der Waals surface area contributed by atoms with Crippen LogP contribution < -0.4 is 4.74 Å². The number of rotatable bonds is 5. The van der Waals surface area contributed by atoms with Gasteiger partial charge in [-0.15, -0.1) is 0 Å². The molecule has 0 saturated heterocycles. The van der Waals surface area contributed by atoms with Crippen molar-refractivity contribution in [2.45, 2.75) is 0 Å². The average molecular weight is 527 g/mol. The number of carboxylic acids is 1. The molecular formula is C28H16Cl2N4O3. The molecule has 0 fully saturated rings. The normalized spacial score (nSPS) is 11.8. The largest absolute Gasteiger partial charge is 0.479 e. The van der Waals surface area contributed by atoms with Crippen LogP contribution in [0.3, 0.4) is 0 Å². The van der Waals surface area contributed by atoms with Gasteiger partial charge in [-0.1, -0.05) is 65.7 Å². The molecule has 0 saturated carbocycles. The third-order valence-corrected chi connectivity index (χ3v) is 6.91. The van der Waals surface area contributed by atoms with Gasteiger partial charge in [0.15, 0.2) is 6.61 Å². The molecule has 0 atom stereocenters. The van der Waals surface area contributed by atoms with Gasteiger partial charge in [-0.05, 0) is 47.5 Å². The minimum Gasteiger partial charge on any atom is -0.479 e. The van der Waals surface area contributed by atoms with Gasteiger partial charge >= 0.3 is 12.0 Å². The topological polar surface area (TPSA) is 82.2 Å². The number of benzene rings is 4. The van der Waals surface area contributed by atoms with Gasteiger partial charge < -0.3 is 9.84 Å². The summed E-state index contributed by atoms with van der Waals surface area (Å²) in [6.45, 7) is -0.552. The number of carbonyl (C=O) groups is 1. The molecule has 4 bridgehead atoms. The molecule has 6 aromatic rings. The molecule has 0 aliphatic carbocycles. The van der Waals surface area contributed by atoms with Gasteiger partial charge in [0.05, 0.1) is 27.8 Å². The third-order valence-electron chi connectivity index (χ3n) is 6.45. The first-order valence-corrected chi connectivity index (χ1v) is 12.2. The van der Waals surface area contributed by atoms with Gasteiger partial charge in [-0.25, -0.2) is 14.3 Å². The van der Waals surface area contributed by atoms with Gasteiger partial charge in [0.25, 0.3) is 0 Å². The number of fused-ring (bicyclic) bond motifs is 4. The maximum atomic E-state index is 11.3. The summed E-state index contributed by atoms with van der Waals surface area (Å²) in [6.07, 6.45) is 0. The number of aromatic nitrogens is 4. The van der Waals surface area contributed by atoms with Crippen molar-refractivity contribution in [3.05, 3.63) is 88.9 Å². The first kappa shape index (κ1) is 21.9. The van der Waals surface area contributed by atoms with E-state index in [0.29, 0.717) is 27.0 Å². The number of ether oxygens (including phenoxy) is 1. The summed E-state index contributed by atoms with van der Waals surface area (Å²) in [5.74, 6) is -0.617. The van der Waals surface area contributed by atoms with Crippen LogP contribution in [-0.2, 0) is 4.79 Å². The highest BCUT2D eigenvalue weighted by molar-refractivity contribution is 6.32. The molecule has 180 valence electrons. The molecule has 7 nitrogen and oxygen atoms in total. The van der Waals surface area contributed by atoms with Gasteiger partial charge in [0, 0.05) is 21.2 Å². The summed E-state index contributed by atoms with van der Waals surface area (Å²) >= 11 is 12.9. The molecule has 1 aliphatic rings. The highest BCUT2D eigenvalue weighted by atomic mass is 35.5. The van der Waals surface area contributed by atoms with Crippen LogP contribution in [0.5, 0.6) is 6.01 Å². The van der Waals surface area contributed by atoms with Gasteiger partial charge in [-0.3, -0.25) is 4.57 Å². The second kappa shape index (κ2) is 8.09. The van der Waals surface area contributed by atoms with E-state index in [1.807, 2.05) is 34.9 Å². The standard InChI is InChI=1S/C28H16Cl2N4O3/c29-17-7-9-21-23(12-17)34(28(31-21)37-14-25(35)36)27-32-26-20-11-18(30)13-24(26)33(27)22-10-16(6-8-19(20)22)15-4-2-1-3-5-15/h1-13H,14H2,(H,35,36). The van der Waals surface area contributed by atoms with Crippen molar-refractivity contribution in [1.82, 2.24) is 19.1 Å². The van der Waals surface area contributed by atoms with Crippen LogP contribution in [0.1, 0.15) is 0 Å². The van der Waals surface area contributed by atoms with Crippen molar-refractivity contribution in [1.29, 1.82) is 0 Å². The van der Waals surface area contributed by atoms with Crippen molar-refractivity contribution in [2.24, 2.45) is 0 Å². The number of aliphatic carboxylic acids is 1. The Morgan fingerprint density at radius 3 is 2.43 bits per heavy atom. The Morgan fingerprint density at radius 1 is 0.811 bits per heavy atom. The molecule has 0 radical (unpaired) electrons. The summed E-state index contributed by atoms with van der Waals surface area (Å²) in [7, 11) is 0. The van der Waals surface area contributed by atoms with E-state index in [2.05, 4.69) is 35.3 Å². The van der Waals surface area contributed by atoms with E-state index < -0.39 is 12.6 Å². The summed E-state index contributed by atoms with van der Waals surface area (Å²) in [5, 5.41) is 10.4. The number of nitrogens with zero attached hydrogens (tertiary/aromatic N) is 4. The quantitative estimate of drug-likeness (QED) is 0.267. The lowest BCUT2D eigenvalue weighted by Crippen LogP contribution is -2.14. The molecule has 0 unspecified atom stereocenters. The van der Waals surface area contributed by atoms with Crippen LogP contribution in [0.25, 0.3) is 56.0 Å². The van der Waals surface area contributed by atoms with Gasteiger partial charge in [0.1, 0.15) is 0 Å². The van der Waals surface area contributed by atoms with E-state index in [-0.39, 0.29) is 6.01 Å². The van der Waals surface area contributed by atoms with E-state index in [0.717, 1.165) is 39.0 Å². The van der Waals surface area contributed by atoms with Crippen molar-refractivity contribution in [3.8, 4) is 39.9 Å². The smallest absolute Gasteiger partial charge is 0.341 e. The lowest BCUT2D eigenvalue weighted by Gasteiger charge is -2.20. The van der Waals surface area contributed by atoms with Crippen LogP contribution in [0.15, 0.2) is 78.9 Å². The van der Waals surface area contributed by atoms with Crippen molar-refractivity contribution in [2.75, 3.05) is 6.61 Å². The van der Waals surface area contributed by atoms with Crippen LogP contribution >= 0.6 is 23.2 Å². The van der Waals surface area contributed by atoms with E-state index in [9.17, 15) is 9.90 Å². The zero-order valence-electron chi connectivity index (χ0n) is 19.0. The maximum absolute atomic E-state index is 11.3. The summed E-state index contributed by atoms with van der Waals surface area (Å²) in [4.78, 5) is 20.9. The Bertz CT molecular complexity index is 1890. The van der Waals surface area contributed by atoms with Crippen molar-refractivity contribution < 1.29 is 14.6 Å². The van der Waals surface area contributed by atoms with E-state index in [1.165, 1.54) is 0 Å². The monoisotopic (exact) mass is 526 g/mol. The van der Waals surface area contributed by atoms with Crippen LogP contribution in [-0.4, -0.2) is 36.8 Å². The summed E-state index contributed by atoms with van der Waals surface area (Å²) < 4.78 is 9.33. The Morgan fingerprint density at radius 2 is 1.62 bits per heavy atom. The SMILES string of the molecule is O=C(O)COc1nc2ccc(Cl)cc2n1-c1nc2c3cc(Cl)cc2n1-c1cc(-c2ccccc2)ccc1-3. The highest BCUT2D eigenvalue weighted by Gasteiger charge is 2.29. The molecule has 37 heavy (non-hydrogen) atoms. The van der Waals surface area contributed by atoms with Crippen molar-refractivity contribution in [3.63, 3.8) is 0 Å². The maximum Gasteiger partial charge on any atom is 0.341 e. The van der Waals surface area contributed by atoms with E-state index >= 15 is 0 Å². The predicted octanol–water partition coefficient (Wildman–Crippen LogP) is 6.78. The number of pyridine rings is 1. The second-order valence-corrected chi connectivity index (χ2v) is 9.58. The molecule has 9 heteroatoms. The lowest BCUT2D eigenvalue weighted by molar-refractivity contribution is -0.139.